The first kappa shape index (κ1) is 85.3. The number of hydrogen-bond donors (Lipinski definition) is 2. The lowest BCUT2D eigenvalue weighted by molar-refractivity contribution is -0.119. The third-order valence-electron chi connectivity index (χ3n) is 19.6. The minimum atomic E-state index is -1.08. The number of carbonyl (C=O) groups is 6. The summed E-state index contributed by atoms with van der Waals surface area (Å²) < 4.78 is 47.0. The van der Waals surface area contributed by atoms with Crippen molar-refractivity contribution in [1.29, 1.82) is 0 Å². The van der Waals surface area contributed by atoms with Gasteiger partial charge in [-0.2, -0.15) is 0 Å². The normalized spacial score (nSPS) is 14.9. The van der Waals surface area contributed by atoms with Gasteiger partial charge in [0, 0.05) is 59.4 Å². The molecule has 0 spiro atoms. The monoisotopic (exact) mass is 1860 g/mol. The van der Waals surface area contributed by atoms with Crippen LogP contribution in [0.3, 0.4) is 0 Å². The number of ether oxygens (including phenoxy) is 5. The number of hydrogen-bond acceptors (Lipinski definition) is 23. The van der Waals surface area contributed by atoms with Crippen molar-refractivity contribution in [2.24, 2.45) is 0 Å². The number of aryl methyl sites for hydroxylation is 3. The Hall–Kier alpha value is -9.72. The average Bonchev–Trinajstić information content (AvgIpc) is 1.63. The Morgan fingerprint density at radius 3 is 1.18 bits per heavy atom. The van der Waals surface area contributed by atoms with Gasteiger partial charge in [-0.15, -0.1) is 11.3 Å². The van der Waals surface area contributed by atoms with Gasteiger partial charge < -0.3 is 47.7 Å². The molecule has 0 atom stereocenters. The van der Waals surface area contributed by atoms with Gasteiger partial charge in [-0.1, -0.05) is 126 Å². The van der Waals surface area contributed by atoms with Crippen LogP contribution in [0, 0.1) is 0 Å². The number of rotatable bonds is 20. The molecular formula is C86H74BrCl6N9O15S3. The lowest BCUT2D eigenvalue weighted by Gasteiger charge is -2.27. The van der Waals surface area contributed by atoms with Crippen molar-refractivity contribution in [2.75, 3.05) is 15.1 Å². The van der Waals surface area contributed by atoms with E-state index in [2.05, 4.69) is 51.7 Å². The van der Waals surface area contributed by atoms with E-state index in [0.29, 0.717) is 167 Å². The number of nitrogens with one attached hydrogen (secondary N) is 1. The Morgan fingerprint density at radius 1 is 0.475 bits per heavy atom. The SMILES string of the molecule is CC(C)(C)OC(=O)c1cnc(Br)s1.CC(C)(C)OC(=O)c1cnc(N2C(=O)CCc3cc(OCc4c(-c5c(Cl)cccc5Cl)noc4C4CC4)ccc32)s1.O=C(O)c1cnc(N2C(=O)CCc3cc(OCc4c(-c5c(Cl)cccc5Cl)noc4C4CC4)ccc32)s1.O=C1CCc2cc(OCc3c(-c4c(Cl)cccc4Cl)noc3C3CC3)ccc2N1. The van der Waals surface area contributed by atoms with Crippen LogP contribution in [-0.4, -0.2) is 82.4 Å². The number of aromatic nitrogens is 6. The number of fused-ring (bicyclic) bond motifs is 3. The lowest BCUT2D eigenvalue weighted by atomic mass is 10.0. The number of carbonyl (C=O) groups excluding carboxylic acids is 5. The maximum Gasteiger partial charge on any atom is 0.350 e. The number of benzene rings is 6. The van der Waals surface area contributed by atoms with Gasteiger partial charge in [-0.05, 0) is 223 Å². The number of thiazole rings is 3. The fourth-order valence-electron chi connectivity index (χ4n) is 13.5. The summed E-state index contributed by atoms with van der Waals surface area (Å²) in [5.41, 5.74) is 10.3. The molecule has 3 aliphatic carbocycles. The van der Waals surface area contributed by atoms with E-state index in [1.54, 1.807) is 92.4 Å². The number of esters is 2. The summed E-state index contributed by atoms with van der Waals surface area (Å²) in [6.45, 7) is 11.7. The first-order valence-corrected chi connectivity index (χ1v) is 43.7. The molecule has 0 bridgehead atoms. The number of anilines is 5. The largest absolute Gasteiger partial charge is 0.489 e. The fourth-order valence-corrected chi connectivity index (χ4v) is 18.0. The molecule has 0 saturated heterocycles. The molecule has 24 nitrogen and oxygen atoms in total. The van der Waals surface area contributed by atoms with Crippen LogP contribution < -0.4 is 29.3 Å². The smallest absolute Gasteiger partial charge is 0.350 e. The molecule has 3 aliphatic heterocycles. The standard InChI is InChI=1S/C30H27Cl2N3O5S.C26H19Cl2N3O5S.C22H18Cl2N2O3.C8H10BrNO2S/c1-30(2,3)39-28(37)23-14-33-29(41-23)35-22-11-10-18(13-17(22)9-12-24(35)36)38-15-19-26(34-40-27(19)16-7-8-16)25-20(31)5-4-6-21(25)32;27-17-2-1-3-18(28)22(17)23-16(24(36-30-23)13-4-5-13)12-35-15-7-8-19-14(10-15)6-9-21(32)31(19)26-29-11-20(37-26)25(33)34;23-16-2-1-3-17(24)20(16)21-15(22(29-26-21)12-4-5-12)11-28-14-7-8-18-13(10-14)6-9-19(27)25-18;1-8(2,3)12-6(11)5-4-10-7(9)13-5/h4-6,10-11,13-14,16H,7-9,12,15H2,1-3H3;1-3,7-8,10-11,13H,4-6,9,12H2,(H,33,34);1-3,7-8,10,12H,4-6,9,11H2,(H,25,27);4H,1-3H3. The molecule has 3 amide bonds. The van der Waals surface area contributed by atoms with Crippen LogP contribution in [0.25, 0.3) is 33.8 Å². The van der Waals surface area contributed by atoms with Gasteiger partial charge in [-0.3, -0.25) is 24.2 Å². The molecule has 0 unspecified atom stereocenters. The van der Waals surface area contributed by atoms with Crippen molar-refractivity contribution >= 4 is 183 Å². The predicted molar refractivity (Wildman–Crippen MR) is 463 cm³/mol. The van der Waals surface area contributed by atoms with Gasteiger partial charge in [0.15, 0.2) is 14.2 Å². The summed E-state index contributed by atoms with van der Waals surface area (Å²) in [5.74, 6) is 3.39. The van der Waals surface area contributed by atoms with E-state index in [9.17, 15) is 33.9 Å². The van der Waals surface area contributed by atoms with Crippen LogP contribution in [0.4, 0.5) is 27.3 Å². The molecule has 3 fully saturated rings. The van der Waals surface area contributed by atoms with E-state index in [0.717, 1.165) is 123 Å². The quantitative estimate of drug-likeness (QED) is 0.0670. The van der Waals surface area contributed by atoms with E-state index in [-0.39, 0.29) is 48.2 Å². The van der Waals surface area contributed by atoms with Gasteiger partial charge in [-0.25, -0.2) is 29.3 Å². The molecule has 0 radical (unpaired) electrons. The molecule has 18 rings (SSSR count). The van der Waals surface area contributed by atoms with Crippen LogP contribution >= 0.6 is 120 Å². The van der Waals surface area contributed by atoms with Crippen molar-refractivity contribution in [1.82, 2.24) is 30.4 Å². The molecular weight excluding hydrogens is 1790 g/mol. The summed E-state index contributed by atoms with van der Waals surface area (Å²) in [4.78, 5) is 88.8. The summed E-state index contributed by atoms with van der Waals surface area (Å²) in [5, 5.41) is 28.8. The molecule has 6 aromatic heterocycles. The number of amides is 3. The third kappa shape index (κ3) is 19.9. The molecule has 6 aliphatic rings. The Bertz CT molecular complexity index is 5900. The first-order valence-electron chi connectivity index (χ1n) is 38.2. The highest BCUT2D eigenvalue weighted by molar-refractivity contribution is 9.11. The molecule has 12 aromatic rings. The molecule has 120 heavy (non-hydrogen) atoms. The minimum absolute atomic E-state index is 0.0472. The van der Waals surface area contributed by atoms with Gasteiger partial charge >= 0.3 is 17.9 Å². The Kier molecular flexibility index (Phi) is 25.7. The molecule has 6 aromatic carbocycles. The van der Waals surface area contributed by atoms with Gasteiger partial charge in [0.1, 0.15) is 97.3 Å². The predicted octanol–water partition coefficient (Wildman–Crippen LogP) is 23.8. The Balaban J connectivity index is 0.000000132. The average molecular weight is 1860 g/mol. The highest BCUT2D eigenvalue weighted by Crippen LogP contribution is 2.51. The van der Waals surface area contributed by atoms with Crippen molar-refractivity contribution in [3.8, 4) is 51.0 Å². The lowest BCUT2D eigenvalue weighted by Crippen LogP contribution is -2.30. The Labute approximate surface area is 738 Å². The molecule has 620 valence electrons. The maximum atomic E-state index is 13.0. The topological polar surface area (TPSA) is 304 Å². The summed E-state index contributed by atoms with van der Waals surface area (Å²) in [6.07, 6.45) is 13.4. The second kappa shape index (κ2) is 36.1. The summed E-state index contributed by atoms with van der Waals surface area (Å²) in [6, 6.07) is 32.8. The number of halogens is 7. The van der Waals surface area contributed by atoms with Gasteiger partial charge in [0.05, 0.1) is 76.8 Å². The molecule has 9 heterocycles. The minimum Gasteiger partial charge on any atom is -0.489 e. The van der Waals surface area contributed by atoms with Crippen LogP contribution in [-0.2, 0) is 62.9 Å². The van der Waals surface area contributed by atoms with Crippen molar-refractivity contribution in [3.05, 3.63) is 227 Å². The molecule has 3 saturated carbocycles. The van der Waals surface area contributed by atoms with Gasteiger partial charge in [0.2, 0.25) is 17.7 Å². The van der Waals surface area contributed by atoms with Crippen LogP contribution in [0.2, 0.25) is 30.1 Å². The van der Waals surface area contributed by atoms with Crippen LogP contribution in [0.15, 0.2) is 145 Å². The van der Waals surface area contributed by atoms with Gasteiger partial charge in [0.25, 0.3) is 0 Å². The number of carboxylic acids is 1. The third-order valence-corrected chi connectivity index (χ3v) is 24.9. The van der Waals surface area contributed by atoms with E-state index in [1.165, 1.54) is 34.8 Å². The van der Waals surface area contributed by atoms with E-state index in [1.807, 2.05) is 63.2 Å². The van der Waals surface area contributed by atoms with Crippen molar-refractivity contribution in [2.45, 2.75) is 167 Å². The second-order valence-electron chi connectivity index (χ2n) is 30.8. The van der Waals surface area contributed by atoms with Crippen molar-refractivity contribution in [3.63, 3.8) is 0 Å². The Morgan fingerprint density at radius 2 is 0.825 bits per heavy atom. The highest BCUT2D eigenvalue weighted by atomic mass is 79.9. The van der Waals surface area contributed by atoms with Crippen LogP contribution in [0.1, 0.15) is 197 Å². The number of aromatic carboxylic acids is 1. The number of carboxylic acid groups (broad SMARTS) is 1. The molecule has 2 N–H and O–H groups in total. The molecule has 34 heteroatoms. The van der Waals surface area contributed by atoms with E-state index in [4.69, 9.17) is 107 Å². The van der Waals surface area contributed by atoms with E-state index >= 15 is 0 Å². The van der Waals surface area contributed by atoms with Crippen LogP contribution in [0.5, 0.6) is 17.2 Å². The first-order chi connectivity index (χ1) is 57.5. The zero-order chi connectivity index (χ0) is 84.6. The second-order valence-corrected chi connectivity index (χ2v) is 37.6. The van der Waals surface area contributed by atoms with E-state index < -0.39 is 23.1 Å². The number of nitrogens with zero attached hydrogens (tertiary/aromatic N) is 8. The summed E-state index contributed by atoms with van der Waals surface area (Å²) in [7, 11) is 0. The zero-order valence-corrected chi connectivity index (χ0v) is 73.6. The highest BCUT2D eigenvalue weighted by Gasteiger charge is 2.39. The van der Waals surface area contributed by atoms with Crippen molar-refractivity contribution < 1.29 is 71.1 Å². The maximum absolute atomic E-state index is 13.0. The summed E-state index contributed by atoms with van der Waals surface area (Å²) >= 11 is 45.2. The fraction of sp³-hybridized carbons (Fsp3) is 0.302. The zero-order valence-electron chi connectivity index (χ0n) is 65.1.